The molecule has 2 rings (SSSR count). The molecule has 2 unspecified atom stereocenters. The molecule has 1 heterocycles. The van der Waals surface area contributed by atoms with Crippen molar-refractivity contribution in [3.05, 3.63) is 34.2 Å². The van der Waals surface area contributed by atoms with Crippen LogP contribution < -0.4 is 10.9 Å². The molecule has 1 amide bonds. The van der Waals surface area contributed by atoms with Gasteiger partial charge in [-0.15, -0.1) is 0 Å². The highest BCUT2D eigenvalue weighted by Crippen LogP contribution is 2.26. The van der Waals surface area contributed by atoms with Crippen LogP contribution in [0.3, 0.4) is 0 Å². The normalized spacial score (nSPS) is 23.6. The van der Waals surface area contributed by atoms with Crippen molar-refractivity contribution in [3.8, 4) is 0 Å². The molecule has 0 spiro atoms. The second kappa shape index (κ2) is 6.18. The maximum Gasteiger partial charge on any atom is 0.251 e. The zero-order chi connectivity index (χ0) is 13.0. The quantitative estimate of drug-likeness (QED) is 0.839. The van der Waals surface area contributed by atoms with Crippen LogP contribution in [-0.4, -0.2) is 22.3 Å². The van der Waals surface area contributed by atoms with Crippen molar-refractivity contribution in [2.45, 2.75) is 31.7 Å². The van der Waals surface area contributed by atoms with Gasteiger partial charge in [-0.25, -0.2) is 0 Å². The second-order valence-corrected chi connectivity index (χ2v) is 5.37. The van der Waals surface area contributed by atoms with Gasteiger partial charge in [0.15, 0.2) is 0 Å². The number of alkyl halides is 1. The van der Waals surface area contributed by atoms with E-state index in [-0.39, 0.29) is 17.5 Å². The van der Waals surface area contributed by atoms with E-state index >= 15 is 0 Å². The Morgan fingerprint density at radius 1 is 1.44 bits per heavy atom. The Morgan fingerprint density at radius 2 is 2.22 bits per heavy atom. The summed E-state index contributed by atoms with van der Waals surface area (Å²) in [5, 5.41) is 3.95. The summed E-state index contributed by atoms with van der Waals surface area (Å²) in [5.74, 6) is 0.337. The Morgan fingerprint density at radius 3 is 2.94 bits per heavy atom. The molecular weight excluding hydrogens is 296 g/mol. The van der Waals surface area contributed by atoms with E-state index in [2.05, 4.69) is 26.2 Å². The molecule has 1 saturated carbocycles. The minimum Gasteiger partial charge on any atom is -0.349 e. The fraction of sp³-hybridized carbons (Fsp3) is 0.538. The lowest BCUT2D eigenvalue weighted by Crippen LogP contribution is -2.42. The van der Waals surface area contributed by atoms with Crippen molar-refractivity contribution in [3.63, 3.8) is 0 Å². The SMILES string of the molecule is O=C(NC1CCCCC1CBr)c1cc[nH]c(=O)c1. The van der Waals surface area contributed by atoms with Crippen LogP contribution in [0, 0.1) is 5.92 Å². The molecule has 1 fully saturated rings. The van der Waals surface area contributed by atoms with E-state index in [1.807, 2.05) is 0 Å². The van der Waals surface area contributed by atoms with Crippen molar-refractivity contribution in [2.24, 2.45) is 5.92 Å². The third-order valence-electron chi connectivity index (χ3n) is 3.46. The minimum absolute atomic E-state index is 0.154. The van der Waals surface area contributed by atoms with Crippen LogP contribution in [0.1, 0.15) is 36.0 Å². The van der Waals surface area contributed by atoms with Crippen molar-refractivity contribution >= 4 is 21.8 Å². The molecule has 0 bridgehead atoms. The van der Waals surface area contributed by atoms with Crippen molar-refractivity contribution < 1.29 is 4.79 Å². The number of rotatable bonds is 3. The van der Waals surface area contributed by atoms with Crippen LogP contribution in [0.5, 0.6) is 0 Å². The first kappa shape index (κ1) is 13.3. The van der Waals surface area contributed by atoms with Gasteiger partial charge in [-0.1, -0.05) is 28.8 Å². The number of aromatic nitrogens is 1. The van der Waals surface area contributed by atoms with Crippen LogP contribution in [0.25, 0.3) is 0 Å². The number of carbonyl (C=O) groups is 1. The number of carbonyl (C=O) groups excluding carboxylic acids is 1. The highest BCUT2D eigenvalue weighted by molar-refractivity contribution is 9.09. The largest absolute Gasteiger partial charge is 0.349 e. The number of aromatic amines is 1. The predicted octanol–water partition coefficient (Wildman–Crippen LogP) is 2.06. The highest BCUT2D eigenvalue weighted by atomic mass is 79.9. The maximum atomic E-state index is 12.0. The molecule has 2 atom stereocenters. The van der Waals surface area contributed by atoms with Crippen molar-refractivity contribution in [1.82, 2.24) is 10.3 Å². The number of H-pyrrole nitrogens is 1. The molecule has 4 nitrogen and oxygen atoms in total. The molecule has 2 N–H and O–H groups in total. The summed E-state index contributed by atoms with van der Waals surface area (Å²) >= 11 is 3.50. The molecule has 5 heteroatoms. The van der Waals surface area contributed by atoms with E-state index in [0.717, 1.165) is 24.6 Å². The van der Waals surface area contributed by atoms with Crippen LogP contribution in [0.15, 0.2) is 23.1 Å². The Labute approximate surface area is 114 Å². The predicted molar refractivity (Wildman–Crippen MR) is 74.1 cm³/mol. The number of nitrogens with one attached hydrogen (secondary N) is 2. The van der Waals surface area contributed by atoms with E-state index in [9.17, 15) is 9.59 Å². The molecule has 1 aromatic rings. The van der Waals surface area contributed by atoms with Gasteiger partial charge in [-0.3, -0.25) is 9.59 Å². The molecular formula is C13H17BrN2O2. The third-order valence-corrected chi connectivity index (χ3v) is 4.29. The third kappa shape index (κ3) is 3.22. The summed E-state index contributed by atoms with van der Waals surface area (Å²) in [7, 11) is 0. The van der Waals surface area contributed by atoms with Gasteiger partial charge in [0, 0.05) is 29.2 Å². The molecule has 0 saturated heterocycles. The monoisotopic (exact) mass is 312 g/mol. The van der Waals surface area contributed by atoms with Gasteiger partial charge in [0.25, 0.3) is 5.91 Å². The molecule has 1 aromatic heterocycles. The van der Waals surface area contributed by atoms with Crippen molar-refractivity contribution in [1.29, 1.82) is 0 Å². The number of halogens is 1. The Balaban J connectivity index is 2.04. The summed E-state index contributed by atoms with van der Waals surface area (Å²) in [6.07, 6.45) is 6.05. The van der Waals surface area contributed by atoms with Gasteiger partial charge < -0.3 is 10.3 Å². The first-order chi connectivity index (χ1) is 8.70. The molecule has 1 aliphatic carbocycles. The molecule has 18 heavy (non-hydrogen) atoms. The second-order valence-electron chi connectivity index (χ2n) is 4.72. The lowest BCUT2D eigenvalue weighted by molar-refractivity contribution is 0.0911. The summed E-state index contributed by atoms with van der Waals surface area (Å²) in [6.45, 7) is 0. The number of hydrogen-bond acceptors (Lipinski definition) is 2. The van der Waals surface area contributed by atoms with Gasteiger partial charge in [0.1, 0.15) is 0 Å². The maximum absolute atomic E-state index is 12.0. The van der Waals surface area contributed by atoms with E-state index in [0.29, 0.717) is 11.5 Å². The van der Waals surface area contributed by atoms with Crippen LogP contribution in [-0.2, 0) is 0 Å². The van der Waals surface area contributed by atoms with E-state index < -0.39 is 0 Å². The molecule has 98 valence electrons. The Hall–Kier alpha value is -1.10. The first-order valence-electron chi connectivity index (χ1n) is 6.26. The number of pyridine rings is 1. The van der Waals surface area contributed by atoms with Gasteiger partial charge in [0.2, 0.25) is 5.56 Å². The van der Waals surface area contributed by atoms with E-state index in [1.54, 1.807) is 6.07 Å². The van der Waals surface area contributed by atoms with Gasteiger partial charge in [-0.05, 0) is 24.8 Å². The fourth-order valence-corrected chi connectivity index (χ4v) is 3.19. The van der Waals surface area contributed by atoms with Gasteiger partial charge in [-0.2, -0.15) is 0 Å². The average Bonchev–Trinajstić information content (AvgIpc) is 2.39. The van der Waals surface area contributed by atoms with Gasteiger partial charge >= 0.3 is 0 Å². The number of amides is 1. The standard InChI is InChI=1S/C13H17BrN2O2/c14-8-10-3-1-2-4-11(10)16-13(18)9-5-6-15-12(17)7-9/h5-7,10-11H,1-4,8H2,(H,15,17)(H,16,18). The lowest BCUT2D eigenvalue weighted by Gasteiger charge is -2.30. The van der Waals surface area contributed by atoms with Crippen LogP contribution >= 0.6 is 15.9 Å². The zero-order valence-electron chi connectivity index (χ0n) is 10.1. The summed E-state index contributed by atoms with van der Waals surface area (Å²) in [4.78, 5) is 25.7. The first-order valence-corrected chi connectivity index (χ1v) is 7.38. The average molecular weight is 313 g/mol. The van der Waals surface area contributed by atoms with Gasteiger partial charge in [0.05, 0.1) is 0 Å². The molecule has 0 radical (unpaired) electrons. The molecule has 0 aromatic carbocycles. The number of hydrogen-bond donors (Lipinski definition) is 2. The summed E-state index contributed by atoms with van der Waals surface area (Å²) < 4.78 is 0. The zero-order valence-corrected chi connectivity index (χ0v) is 11.7. The summed E-state index contributed by atoms with van der Waals surface area (Å²) in [5.41, 5.74) is 0.181. The Bertz CT molecular complexity index is 472. The van der Waals surface area contributed by atoms with Crippen LogP contribution in [0.2, 0.25) is 0 Å². The molecule has 0 aliphatic heterocycles. The van der Waals surface area contributed by atoms with Crippen molar-refractivity contribution in [2.75, 3.05) is 5.33 Å². The topological polar surface area (TPSA) is 62.0 Å². The minimum atomic E-state index is -0.247. The summed E-state index contributed by atoms with van der Waals surface area (Å²) in [6, 6.07) is 3.18. The molecule has 1 aliphatic rings. The smallest absolute Gasteiger partial charge is 0.251 e. The Kier molecular flexibility index (Phi) is 4.58. The van der Waals surface area contributed by atoms with E-state index in [1.165, 1.54) is 18.7 Å². The van der Waals surface area contributed by atoms with Crippen LogP contribution in [0.4, 0.5) is 0 Å². The fourth-order valence-electron chi connectivity index (χ4n) is 2.42. The van der Waals surface area contributed by atoms with E-state index in [4.69, 9.17) is 0 Å². The highest BCUT2D eigenvalue weighted by Gasteiger charge is 2.25. The lowest BCUT2D eigenvalue weighted by atomic mass is 9.86.